The van der Waals surface area contributed by atoms with Crippen molar-refractivity contribution in [2.75, 3.05) is 0 Å². The Labute approximate surface area is 176 Å². The molecule has 1 unspecified atom stereocenters. The van der Waals surface area contributed by atoms with Gasteiger partial charge in [0, 0.05) is 11.5 Å². The van der Waals surface area contributed by atoms with Crippen molar-refractivity contribution in [2.24, 2.45) is 4.99 Å². The molecule has 9 heteroatoms. The summed E-state index contributed by atoms with van der Waals surface area (Å²) in [5.41, 5.74) is 4.21. The number of ether oxygens (including phenoxy) is 1. The van der Waals surface area contributed by atoms with Gasteiger partial charge in [-0.05, 0) is 36.2 Å². The van der Waals surface area contributed by atoms with Crippen molar-refractivity contribution in [3.63, 3.8) is 0 Å². The zero-order valence-corrected chi connectivity index (χ0v) is 17.1. The quantitative estimate of drug-likeness (QED) is 0.553. The largest absolute Gasteiger partial charge is 0.473 e. The van der Waals surface area contributed by atoms with Gasteiger partial charge in [0.1, 0.15) is 12.4 Å². The molecule has 0 saturated heterocycles. The van der Waals surface area contributed by atoms with Gasteiger partial charge in [0.15, 0.2) is 5.84 Å². The highest BCUT2D eigenvalue weighted by Gasteiger charge is 2.44. The van der Waals surface area contributed by atoms with Crippen LogP contribution in [0.1, 0.15) is 30.5 Å². The summed E-state index contributed by atoms with van der Waals surface area (Å²) in [6, 6.07) is 13.5. The average Bonchev–Trinajstić information content (AvgIpc) is 3.25. The predicted molar refractivity (Wildman–Crippen MR) is 109 cm³/mol. The van der Waals surface area contributed by atoms with Crippen molar-refractivity contribution in [1.29, 1.82) is 0 Å². The van der Waals surface area contributed by atoms with Gasteiger partial charge in [-0.25, -0.2) is 24.7 Å². The fraction of sp³-hybridized carbons (Fsp3) is 0.273. The molecule has 0 saturated carbocycles. The topological polar surface area (TPSA) is 55.7 Å². The number of aromatic nitrogens is 1. The number of hydrogen-bond donors (Lipinski definition) is 1. The minimum atomic E-state index is -4.68. The second-order valence-corrected chi connectivity index (χ2v) is 6.49. The fourth-order valence-corrected chi connectivity index (χ4v) is 2.90. The van der Waals surface area contributed by atoms with E-state index in [9.17, 15) is 17.6 Å². The molecule has 0 bridgehead atoms. The maximum Gasteiger partial charge on any atom is 0.437 e. The number of nitrogens with one attached hydrogen (secondary N) is 1. The van der Waals surface area contributed by atoms with Gasteiger partial charge in [-0.3, -0.25) is 0 Å². The third-order valence-corrected chi connectivity index (χ3v) is 4.37. The Morgan fingerprint density at radius 3 is 2.55 bits per heavy atom. The number of nitrogens with zero attached hydrogens (tertiary/aromatic N) is 2. The zero-order valence-electron chi connectivity index (χ0n) is 17.1. The number of amidine groups is 1. The van der Waals surface area contributed by atoms with Crippen molar-refractivity contribution < 1.29 is 27.1 Å². The molecule has 164 valence electrons. The van der Waals surface area contributed by atoms with Crippen LogP contribution in [-0.2, 0) is 11.4 Å². The van der Waals surface area contributed by atoms with Crippen LogP contribution in [0.4, 0.5) is 17.6 Å². The normalized spacial score (nSPS) is 15.7. The molecule has 0 aliphatic carbocycles. The molecular formula is C22H21F4N3O2. The van der Waals surface area contributed by atoms with E-state index in [0.29, 0.717) is 11.4 Å². The second kappa shape index (κ2) is 9.30. The van der Waals surface area contributed by atoms with E-state index in [1.807, 2.05) is 50.5 Å². The Bertz CT molecular complexity index is 1100. The van der Waals surface area contributed by atoms with E-state index < -0.39 is 18.2 Å². The molecule has 0 spiro atoms. The molecule has 1 aliphatic heterocycles. The van der Waals surface area contributed by atoms with E-state index in [-0.39, 0.29) is 18.0 Å². The third-order valence-electron chi connectivity index (χ3n) is 4.37. The monoisotopic (exact) mass is 435 g/mol. The van der Waals surface area contributed by atoms with Crippen molar-refractivity contribution in [2.45, 2.75) is 39.8 Å². The summed E-state index contributed by atoms with van der Waals surface area (Å²) in [4.78, 5) is 12.1. The molecule has 1 N–H and O–H groups in total. The van der Waals surface area contributed by atoms with Gasteiger partial charge in [-0.1, -0.05) is 38.1 Å². The smallest absolute Gasteiger partial charge is 0.437 e. The summed E-state index contributed by atoms with van der Waals surface area (Å²) in [5.74, 6) is -0.672. The third kappa shape index (κ3) is 5.11. The van der Waals surface area contributed by atoms with Crippen molar-refractivity contribution in [3.05, 3.63) is 71.0 Å². The van der Waals surface area contributed by atoms with Crippen molar-refractivity contribution in [1.82, 2.24) is 10.5 Å². The molecule has 3 aromatic rings. The summed E-state index contributed by atoms with van der Waals surface area (Å²) in [5, 5.41) is 0.983. The molecule has 2 aromatic carbocycles. The molecular weight excluding hydrogens is 414 g/mol. The van der Waals surface area contributed by atoms with E-state index in [1.165, 1.54) is 18.2 Å². The maximum absolute atomic E-state index is 14.4. The van der Waals surface area contributed by atoms with E-state index in [4.69, 9.17) is 4.74 Å². The highest BCUT2D eigenvalue weighted by Crippen LogP contribution is 2.27. The minimum absolute atomic E-state index is 0.0448. The fourth-order valence-electron chi connectivity index (χ4n) is 2.90. The molecule has 0 fully saturated rings. The maximum atomic E-state index is 14.4. The highest BCUT2D eigenvalue weighted by atomic mass is 19.4. The van der Waals surface area contributed by atoms with Gasteiger partial charge in [0.25, 0.3) is 6.23 Å². The molecule has 1 aromatic heterocycles. The summed E-state index contributed by atoms with van der Waals surface area (Å²) in [7, 11) is 0. The zero-order chi connectivity index (χ0) is 22.6. The number of fused-ring (bicyclic) bond motifs is 1. The Morgan fingerprint density at radius 1 is 1.10 bits per heavy atom. The van der Waals surface area contributed by atoms with Crippen molar-refractivity contribution in [3.8, 4) is 5.88 Å². The lowest BCUT2D eigenvalue weighted by Crippen LogP contribution is -2.29. The molecule has 0 amide bonds. The number of rotatable bonds is 4. The first-order valence-corrected chi connectivity index (χ1v) is 9.65. The second-order valence-electron chi connectivity index (χ2n) is 6.49. The first-order valence-electron chi connectivity index (χ1n) is 9.65. The summed E-state index contributed by atoms with van der Waals surface area (Å²) >= 11 is 0. The van der Waals surface area contributed by atoms with E-state index in [0.717, 1.165) is 16.5 Å². The van der Waals surface area contributed by atoms with Gasteiger partial charge >= 0.3 is 6.18 Å². The molecule has 31 heavy (non-hydrogen) atoms. The molecule has 1 atom stereocenters. The van der Waals surface area contributed by atoms with Crippen LogP contribution in [0.25, 0.3) is 10.9 Å². The van der Waals surface area contributed by atoms with Crippen LogP contribution in [0.3, 0.4) is 0 Å². The summed E-state index contributed by atoms with van der Waals surface area (Å²) in [6.07, 6.45) is -7.04. The number of halogens is 4. The Balaban J connectivity index is 0.00000132. The molecule has 4 rings (SSSR count). The lowest BCUT2D eigenvalue weighted by Gasteiger charge is -2.09. The minimum Gasteiger partial charge on any atom is -0.473 e. The van der Waals surface area contributed by atoms with Gasteiger partial charge in [0.05, 0.1) is 11.1 Å². The number of benzene rings is 2. The van der Waals surface area contributed by atoms with Crippen LogP contribution in [0.5, 0.6) is 5.88 Å². The van der Waals surface area contributed by atoms with Gasteiger partial charge < -0.3 is 4.74 Å². The molecule has 0 radical (unpaired) electrons. The van der Waals surface area contributed by atoms with Crippen LogP contribution >= 0.6 is 0 Å². The first kappa shape index (κ1) is 22.5. The number of hydroxylamine groups is 1. The van der Waals surface area contributed by atoms with Crippen LogP contribution in [0.2, 0.25) is 0 Å². The van der Waals surface area contributed by atoms with Gasteiger partial charge in [-0.2, -0.15) is 13.2 Å². The van der Waals surface area contributed by atoms with Gasteiger partial charge in [0.2, 0.25) is 5.88 Å². The Morgan fingerprint density at radius 2 is 1.87 bits per heavy atom. The number of pyridine rings is 1. The van der Waals surface area contributed by atoms with E-state index in [1.54, 1.807) is 6.07 Å². The van der Waals surface area contributed by atoms with Crippen molar-refractivity contribution >= 4 is 16.7 Å². The standard InChI is InChI=1S/C20H15F4N3O2.C2H6/c1-11-3-2-4-13-6-8-16(25-17(11)13)28-10-12-5-7-14(15(21)9-12)18-26-19(29-27-18)20(22,23)24;1-2/h2-9,19H,10H2,1H3,(H,26,27);1-2H3. The number of aryl methyl sites for hydroxylation is 1. The van der Waals surface area contributed by atoms with Crippen LogP contribution in [-0.4, -0.2) is 23.2 Å². The highest BCUT2D eigenvalue weighted by molar-refractivity contribution is 5.99. The number of alkyl halides is 3. The van der Waals surface area contributed by atoms with E-state index >= 15 is 0 Å². The number of aliphatic imine (C=N–C) groups is 1. The summed E-state index contributed by atoms with van der Waals surface area (Å²) in [6.45, 7) is 5.99. The lowest BCUT2D eigenvalue weighted by molar-refractivity contribution is -0.220. The molecule has 2 heterocycles. The van der Waals surface area contributed by atoms with Crippen LogP contribution < -0.4 is 10.2 Å². The van der Waals surface area contributed by atoms with E-state index in [2.05, 4.69) is 14.8 Å². The Hall–Kier alpha value is -3.20. The molecule has 5 nitrogen and oxygen atoms in total. The lowest BCUT2D eigenvalue weighted by atomic mass is 10.1. The predicted octanol–water partition coefficient (Wildman–Crippen LogP) is 5.46. The number of para-hydroxylation sites is 1. The molecule has 1 aliphatic rings. The first-order chi connectivity index (χ1) is 14.8. The van der Waals surface area contributed by atoms with Gasteiger partial charge in [-0.15, -0.1) is 0 Å². The SMILES string of the molecule is CC.Cc1cccc2ccc(OCc3ccc(C4=NC(C(F)(F)F)ON4)c(F)c3)nc12. The van der Waals surface area contributed by atoms with Crippen LogP contribution in [0.15, 0.2) is 53.5 Å². The average molecular weight is 435 g/mol. The Kier molecular flexibility index (Phi) is 6.74. The number of hydrogen-bond acceptors (Lipinski definition) is 5. The van der Waals surface area contributed by atoms with Crippen LogP contribution in [0, 0.1) is 12.7 Å². The summed E-state index contributed by atoms with van der Waals surface area (Å²) < 4.78 is 57.9.